The van der Waals surface area contributed by atoms with Gasteiger partial charge in [0.15, 0.2) is 5.82 Å². The summed E-state index contributed by atoms with van der Waals surface area (Å²) in [5.74, 6) is -0.716. The molecule has 0 aliphatic carbocycles. The number of hydrogen-bond acceptors (Lipinski definition) is 6. The highest BCUT2D eigenvalue weighted by Crippen LogP contribution is 2.23. The Morgan fingerprint density at radius 2 is 1.60 bits per heavy atom. The molecule has 0 saturated heterocycles. The van der Waals surface area contributed by atoms with E-state index in [4.69, 9.17) is 9.47 Å². The van der Waals surface area contributed by atoms with Crippen molar-refractivity contribution < 1.29 is 19.1 Å². The Bertz CT molecular complexity index is 1010. The third-order valence-corrected chi connectivity index (χ3v) is 4.23. The highest BCUT2D eigenvalue weighted by Gasteiger charge is 2.22. The van der Waals surface area contributed by atoms with Crippen LogP contribution in [0.2, 0.25) is 0 Å². The van der Waals surface area contributed by atoms with Crippen LogP contribution >= 0.6 is 0 Å². The van der Waals surface area contributed by atoms with E-state index in [-0.39, 0.29) is 36.5 Å². The molecule has 0 spiro atoms. The lowest BCUT2D eigenvalue weighted by molar-refractivity contribution is 0.0512. The minimum absolute atomic E-state index is 0.0756. The van der Waals surface area contributed by atoms with Gasteiger partial charge in [-0.05, 0) is 31.0 Å². The van der Waals surface area contributed by atoms with Crippen LogP contribution in [0.1, 0.15) is 46.0 Å². The lowest BCUT2D eigenvalue weighted by Crippen LogP contribution is -2.19. The average molecular weight is 405 g/mol. The predicted octanol–water partition coefficient (Wildman–Crippen LogP) is 4.05. The molecule has 0 radical (unpaired) electrons. The SMILES string of the molecule is CCOC(=O)c1nc(NC(=O)c2ccccc2)c(CC)nc1OCc1ccccc1. The molecule has 2 aromatic carbocycles. The molecule has 7 nitrogen and oxygen atoms in total. The zero-order chi connectivity index (χ0) is 21.3. The van der Waals surface area contributed by atoms with Crippen LogP contribution in [0.25, 0.3) is 0 Å². The Labute approximate surface area is 175 Å². The summed E-state index contributed by atoms with van der Waals surface area (Å²) in [7, 11) is 0. The van der Waals surface area contributed by atoms with E-state index in [0.717, 1.165) is 5.56 Å². The highest BCUT2D eigenvalue weighted by molar-refractivity contribution is 6.04. The van der Waals surface area contributed by atoms with Gasteiger partial charge in [0.25, 0.3) is 5.91 Å². The van der Waals surface area contributed by atoms with Gasteiger partial charge in [0, 0.05) is 5.56 Å². The van der Waals surface area contributed by atoms with Crippen LogP contribution in [-0.2, 0) is 17.8 Å². The summed E-state index contributed by atoms with van der Waals surface area (Å²) in [6.07, 6.45) is 0.488. The van der Waals surface area contributed by atoms with Crippen molar-refractivity contribution in [2.75, 3.05) is 11.9 Å². The van der Waals surface area contributed by atoms with Crippen LogP contribution in [0.3, 0.4) is 0 Å². The molecular weight excluding hydrogens is 382 g/mol. The molecule has 154 valence electrons. The number of benzene rings is 2. The number of carbonyl (C=O) groups excluding carboxylic acids is 2. The minimum atomic E-state index is -0.661. The number of hydrogen-bond donors (Lipinski definition) is 1. The van der Waals surface area contributed by atoms with Crippen LogP contribution in [0.15, 0.2) is 60.7 Å². The first-order valence-electron chi connectivity index (χ1n) is 9.73. The maximum atomic E-state index is 12.6. The van der Waals surface area contributed by atoms with Gasteiger partial charge in [-0.1, -0.05) is 55.5 Å². The topological polar surface area (TPSA) is 90.4 Å². The predicted molar refractivity (Wildman–Crippen MR) is 113 cm³/mol. The number of aromatic nitrogens is 2. The smallest absolute Gasteiger partial charge is 0.362 e. The molecule has 1 amide bonds. The van der Waals surface area contributed by atoms with Gasteiger partial charge < -0.3 is 14.8 Å². The molecule has 30 heavy (non-hydrogen) atoms. The van der Waals surface area contributed by atoms with E-state index in [0.29, 0.717) is 17.7 Å². The normalized spacial score (nSPS) is 10.3. The molecule has 3 aromatic rings. The number of rotatable bonds is 8. The number of carbonyl (C=O) groups is 2. The number of anilines is 1. The van der Waals surface area contributed by atoms with Crippen LogP contribution in [0.5, 0.6) is 5.88 Å². The Kier molecular flexibility index (Phi) is 7.10. The summed E-state index contributed by atoms with van der Waals surface area (Å²) in [5, 5.41) is 2.74. The Morgan fingerprint density at radius 1 is 0.933 bits per heavy atom. The molecular formula is C23H23N3O4. The Hall–Kier alpha value is -3.74. The second-order valence-electron chi connectivity index (χ2n) is 6.34. The van der Waals surface area contributed by atoms with E-state index in [2.05, 4.69) is 15.3 Å². The molecule has 0 saturated carbocycles. The van der Waals surface area contributed by atoms with Crippen LogP contribution in [-0.4, -0.2) is 28.5 Å². The summed E-state index contributed by atoms with van der Waals surface area (Å²) in [6.45, 7) is 3.99. The van der Waals surface area contributed by atoms with Crippen molar-refractivity contribution >= 4 is 17.7 Å². The van der Waals surface area contributed by atoms with E-state index < -0.39 is 5.97 Å². The molecule has 0 fully saturated rings. The zero-order valence-electron chi connectivity index (χ0n) is 16.9. The van der Waals surface area contributed by atoms with Crippen molar-refractivity contribution in [1.29, 1.82) is 0 Å². The number of amides is 1. The lowest BCUT2D eigenvalue weighted by Gasteiger charge is -2.14. The van der Waals surface area contributed by atoms with Crippen LogP contribution in [0.4, 0.5) is 5.82 Å². The van der Waals surface area contributed by atoms with E-state index >= 15 is 0 Å². The van der Waals surface area contributed by atoms with Gasteiger partial charge in [0.2, 0.25) is 11.6 Å². The Balaban J connectivity index is 1.92. The van der Waals surface area contributed by atoms with E-state index in [1.54, 1.807) is 31.2 Å². The molecule has 0 unspecified atom stereocenters. The van der Waals surface area contributed by atoms with Crippen LogP contribution in [0, 0.1) is 0 Å². The molecule has 1 heterocycles. The number of esters is 1. The van der Waals surface area contributed by atoms with E-state index in [9.17, 15) is 9.59 Å². The van der Waals surface area contributed by atoms with Crippen molar-refractivity contribution in [3.8, 4) is 5.88 Å². The first kappa shape index (κ1) is 21.0. The van der Waals surface area contributed by atoms with Gasteiger partial charge in [-0.2, -0.15) is 0 Å². The van der Waals surface area contributed by atoms with E-state index in [1.807, 2.05) is 43.3 Å². The third-order valence-electron chi connectivity index (χ3n) is 4.23. The fourth-order valence-electron chi connectivity index (χ4n) is 2.73. The molecule has 0 bridgehead atoms. The van der Waals surface area contributed by atoms with Crippen molar-refractivity contribution in [2.24, 2.45) is 0 Å². The summed E-state index contributed by atoms with van der Waals surface area (Å²) in [6, 6.07) is 18.3. The van der Waals surface area contributed by atoms with Gasteiger partial charge in [0.05, 0.1) is 12.3 Å². The van der Waals surface area contributed by atoms with E-state index in [1.165, 1.54) is 0 Å². The van der Waals surface area contributed by atoms with Crippen molar-refractivity contribution in [3.05, 3.63) is 83.2 Å². The molecule has 0 aliphatic heterocycles. The van der Waals surface area contributed by atoms with Crippen LogP contribution < -0.4 is 10.1 Å². The number of ether oxygens (including phenoxy) is 2. The fourth-order valence-corrected chi connectivity index (χ4v) is 2.73. The monoisotopic (exact) mass is 405 g/mol. The molecule has 3 rings (SSSR count). The largest absolute Gasteiger partial charge is 0.471 e. The standard InChI is InChI=1S/C23H23N3O4/c1-3-18-20(26-21(27)17-13-9-6-10-14-17)25-19(23(28)29-4-2)22(24-18)30-15-16-11-7-5-8-12-16/h5-14H,3-4,15H2,1-2H3,(H,25,26,27). The van der Waals surface area contributed by atoms with Gasteiger partial charge in [-0.25, -0.2) is 14.8 Å². The van der Waals surface area contributed by atoms with Gasteiger partial charge in [0.1, 0.15) is 6.61 Å². The highest BCUT2D eigenvalue weighted by atomic mass is 16.5. The quantitative estimate of drug-likeness (QED) is 0.569. The molecule has 0 aliphatic rings. The maximum absolute atomic E-state index is 12.6. The first-order valence-corrected chi connectivity index (χ1v) is 9.73. The van der Waals surface area contributed by atoms with Gasteiger partial charge in [-0.3, -0.25) is 4.79 Å². The number of nitrogens with zero attached hydrogens (tertiary/aromatic N) is 2. The van der Waals surface area contributed by atoms with Crippen molar-refractivity contribution in [1.82, 2.24) is 9.97 Å². The molecule has 0 atom stereocenters. The Morgan fingerprint density at radius 3 is 2.23 bits per heavy atom. The van der Waals surface area contributed by atoms with Gasteiger partial charge in [-0.15, -0.1) is 0 Å². The summed E-state index contributed by atoms with van der Waals surface area (Å²) in [4.78, 5) is 33.8. The summed E-state index contributed by atoms with van der Waals surface area (Å²) < 4.78 is 10.9. The molecule has 1 N–H and O–H groups in total. The third kappa shape index (κ3) is 5.20. The summed E-state index contributed by atoms with van der Waals surface area (Å²) >= 11 is 0. The second kappa shape index (κ2) is 10.2. The number of aryl methyl sites for hydroxylation is 1. The number of nitrogens with one attached hydrogen (secondary N) is 1. The zero-order valence-corrected chi connectivity index (χ0v) is 16.9. The first-order chi connectivity index (χ1) is 14.6. The van der Waals surface area contributed by atoms with Crippen molar-refractivity contribution in [3.63, 3.8) is 0 Å². The average Bonchev–Trinajstić information content (AvgIpc) is 2.79. The maximum Gasteiger partial charge on any atom is 0.362 e. The second-order valence-corrected chi connectivity index (χ2v) is 6.34. The summed E-state index contributed by atoms with van der Waals surface area (Å²) in [5.41, 5.74) is 1.83. The molecule has 7 heteroatoms. The van der Waals surface area contributed by atoms with Gasteiger partial charge >= 0.3 is 5.97 Å². The molecule has 1 aromatic heterocycles. The fraction of sp³-hybridized carbons (Fsp3) is 0.217. The lowest BCUT2D eigenvalue weighted by atomic mass is 10.2. The van der Waals surface area contributed by atoms with Crippen molar-refractivity contribution in [2.45, 2.75) is 26.9 Å². The minimum Gasteiger partial charge on any atom is -0.471 e.